The summed E-state index contributed by atoms with van der Waals surface area (Å²) in [5.74, 6) is 0.359. The first-order valence-electron chi connectivity index (χ1n) is 7.42. The average Bonchev–Trinajstić information content (AvgIpc) is 3.15. The number of nitrogens with one attached hydrogen (secondary N) is 1. The van der Waals surface area contributed by atoms with Gasteiger partial charge in [0.15, 0.2) is 5.69 Å². The van der Waals surface area contributed by atoms with Crippen molar-refractivity contribution in [2.45, 2.75) is 32.4 Å². The van der Waals surface area contributed by atoms with Crippen LogP contribution in [-0.4, -0.2) is 39.6 Å². The van der Waals surface area contributed by atoms with Gasteiger partial charge in [0, 0.05) is 25.5 Å². The van der Waals surface area contributed by atoms with Gasteiger partial charge in [-0.2, -0.15) is 0 Å². The third-order valence-electron chi connectivity index (χ3n) is 4.05. The SMILES string of the molecule is COCc1c(C(=O)N2CCC[C@@H]2c2ccnc(=O)[nH]2)noc1C. The van der Waals surface area contributed by atoms with E-state index in [0.29, 0.717) is 23.6 Å². The van der Waals surface area contributed by atoms with Crippen LogP contribution >= 0.6 is 0 Å². The lowest BCUT2D eigenvalue weighted by molar-refractivity contribution is 0.0718. The molecule has 0 spiro atoms. The van der Waals surface area contributed by atoms with Crippen molar-refractivity contribution >= 4 is 5.91 Å². The number of carbonyl (C=O) groups is 1. The van der Waals surface area contributed by atoms with Crippen LogP contribution < -0.4 is 5.69 Å². The highest BCUT2D eigenvalue weighted by Gasteiger charge is 2.34. The second kappa shape index (κ2) is 6.33. The lowest BCUT2D eigenvalue weighted by atomic mass is 10.1. The number of aromatic nitrogens is 3. The topological polar surface area (TPSA) is 101 Å². The largest absolute Gasteiger partial charge is 0.380 e. The molecular formula is C15H18N4O4. The fourth-order valence-electron chi connectivity index (χ4n) is 2.92. The highest BCUT2D eigenvalue weighted by molar-refractivity contribution is 5.94. The molecule has 3 rings (SSSR count). The highest BCUT2D eigenvalue weighted by atomic mass is 16.5. The minimum absolute atomic E-state index is 0.189. The van der Waals surface area contributed by atoms with Gasteiger partial charge in [-0.15, -0.1) is 0 Å². The molecule has 2 aromatic heterocycles. The Hall–Kier alpha value is -2.48. The molecule has 1 N–H and O–H groups in total. The number of hydrogen-bond donors (Lipinski definition) is 1. The number of ether oxygens (including phenoxy) is 1. The normalized spacial score (nSPS) is 17.7. The molecule has 0 aliphatic carbocycles. The van der Waals surface area contributed by atoms with Gasteiger partial charge in [-0.05, 0) is 25.8 Å². The molecule has 1 fully saturated rings. The molecule has 1 saturated heterocycles. The van der Waals surface area contributed by atoms with Gasteiger partial charge in [0.25, 0.3) is 5.91 Å². The lowest BCUT2D eigenvalue weighted by Crippen LogP contribution is -2.32. The average molecular weight is 318 g/mol. The summed E-state index contributed by atoms with van der Waals surface area (Å²) in [6.07, 6.45) is 3.09. The van der Waals surface area contributed by atoms with Crippen molar-refractivity contribution in [3.8, 4) is 0 Å². The summed E-state index contributed by atoms with van der Waals surface area (Å²) < 4.78 is 10.3. The molecule has 0 saturated carbocycles. The van der Waals surface area contributed by atoms with Gasteiger partial charge in [0.2, 0.25) is 0 Å². The van der Waals surface area contributed by atoms with Crippen LogP contribution in [0, 0.1) is 6.92 Å². The molecule has 3 heterocycles. The van der Waals surface area contributed by atoms with E-state index in [2.05, 4.69) is 15.1 Å². The van der Waals surface area contributed by atoms with Crippen molar-refractivity contribution < 1.29 is 14.1 Å². The molecule has 1 amide bonds. The van der Waals surface area contributed by atoms with E-state index in [1.807, 2.05) is 0 Å². The molecule has 23 heavy (non-hydrogen) atoms. The molecule has 0 aromatic carbocycles. The number of rotatable bonds is 4. The Balaban J connectivity index is 1.91. The van der Waals surface area contributed by atoms with Crippen molar-refractivity contribution in [2.75, 3.05) is 13.7 Å². The van der Waals surface area contributed by atoms with Crippen LogP contribution in [0.5, 0.6) is 0 Å². The zero-order valence-corrected chi connectivity index (χ0v) is 13.0. The standard InChI is InChI=1S/C15H18N4O4/c1-9-10(8-22-2)13(18-23-9)14(20)19-7-3-4-12(19)11-5-6-16-15(21)17-11/h5-6,12H,3-4,7-8H2,1-2H3,(H,16,17,21)/t12-/m1/s1. The maximum Gasteiger partial charge on any atom is 0.345 e. The zero-order chi connectivity index (χ0) is 16.4. The number of aryl methyl sites for hydroxylation is 1. The van der Waals surface area contributed by atoms with Gasteiger partial charge >= 0.3 is 5.69 Å². The fourth-order valence-corrected chi connectivity index (χ4v) is 2.92. The summed E-state index contributed by atoms with van der Waals surface area (Å²) in [6, 6.07) is 1.53. The summed E-state index contributed by atoms with van der Waals surface area (Å²) in [5, 5.41) is 3.89. The number of methoxy groups -OCH3 is 1. The van der Waals surface area contributed by atoms with Crippen LogP contribution in [0.15, 0.2) is 21.6 Å². The molecule has 2 aromatic rings. The van der Waals surface area contributed by atoms with Crippen molar-refractivity contribution in [3.05, 3.63) is 45.5 Å². The van der Waals surface area contributed by atoms with Crippen LogP contribution in [0.1, 0.15) is 46.4 Å². The monoisotopic (exact) mass is 318 g/mol. The predicted octanol–water partition coefficient (Wildman–Crippen LogP) is 1.19. The number of H-pyrrole nitrogens is 1. The van der Waals surface area contributed by atoms with E-state index in [4.69, 9.17) is 9.26 Å². The summed E-state index contributed by atoms with van der Waals surface area (Å²) in [4.78, 5) is 32.3. The molecule has 0 radical (unpaired) electrons. The van der Waals surface area contributed by atoms with Crippen LogP contribution in [0.3, 0.4) is 0 Å². The summed E-state index contributed by atoms with van der Waals surface area (Å²) in [6.45, 7) is 2.62. The Morgan fingerprint density at radius 1 is 1.57 bits per heavy atom. The van der Waals surface area contributed by atoms with Crippen molar-refractivity contribution in [3.63, 3.8) is 0 Å². The smallest absolute Gasteiger partial charge is 0.345 e. The Bertz CT molecular complexity index is 767. The van der Waals surface area contributed by atoms with Crippen molar-refractivity contribution in [2.24, 2.45) is 0 Å². The molecule has 1 aliphatic rings. The van der Waals surface area contributed by atoms with Crippen LogP contribution in [-0.2, 0) is 11.3 Å². The molecule has 122 valence electrons. The maximum atomic E-state index is 12.9. The Labute approximate surface area is 132 Å². The highest BCUT2D eigenvalue weighted by Crippen LogP contribution is 2.32. The number of carbonyl (C=O) groups excluding carboxylic acids is 1. The minimum Gasteiger partial charge on any atom is -0.380 e. The quantitative estimate of drug-likeness (QED) is 0.908. The molecule has 1 aliphatic heterocycles. The number of likely N-dealkylation sites (tertiary alicyclic amines) is 1. The third-order valence-corrected chi connectivity index (χ3v) is 4.05. The van der Waals surface area contributed by atoms with E-state index in [9.17, 15) is 9.59 Å². The van der Waals surface area contributed by atoms with E-state index < -0.39 is 5.69 Å². The van der Waals surface area contributed by atoms with Gasteiger partial charge in [0.1, 0.15) is 5.76 Å². The summed E-state index contributed by atoms with van der Waals surface area (Å²) in [7, 11) is 1.56. The van der Waals surface area contributed by atoms with E-state index in [-0.39, 0.29) is 24.2 Å². The van der Waals surface area contributed by atoms with E-state index in [1.54, 1.807) is 25.0 Å². The van der Waals surface area contributed by atoms with Crippen LogP contribution in [0.2, 0.25) is 0 Å². The summed E-state index contributed by atoms with van der Waals surface area (Å²) in [5.41, 5.74) is 1.20. The summed E-state index contributed by atoms with van der Waals surface area (Å²) >= 11 is 0. The van der Waals surface area contributed by atoms with Gasteiger partial charge < -0.3 is 19.1 Å². The first kappa shape index (κ1) is 15.4. The Kier molecular flexibility index (Phi) is 4.24. The predicted molar refractivity (Wildman–Crippen MR) is 79.8 cm³/mol. The second-order valence-corrected chi connectivity index (χ2v) is 5.49. The number of hydrogen-bond acceptors (Lipinski definition) is 6. The van der Waals surface area contributed by atoms with Gasteiger partial charge in [-0.3, -0.25) is 4.79 Å². The molecular weight excluding hydrogens is 300 g/mol. The first-order chi connectivity index (χ1) is 11.1. The molecule has 0 unspecified atom stereocenters. The minimum atomic E-state index is -0.417. The number of nitrogens with zero attached hydrogens (tertiary/aromatic N) is 3. The number of aromatic amines is 1. The molecule has 8 nitrogen and oxygen atoms in total. The number of amides is 1. The van der Waals surface area contributed by atoms with Gasteiger partial charge in [-0.1, -0.05) is 5.16 Å². The first-order valence-corrected chi connectivity index (χ1v) is 7.42. The maximum absolute atomic E-state index is 12.9. The molecule has 8 heteroatoms. The van der Waals surface area contributed by atoms with Crippen LogP contribution in [0.4, 0.5) is 0 Å². The van der Waals surface area contributed by atoms with Crippen molar-refractivity contribution in [1.82, 2.24) is 20.0 Å². The lowest BCUT2D eigenvalue weighted by Gasteiger charge is -2.24. The third kappa shape index (κ3) is 2.89. The Morgan fingerprint density at radius 3 is 3.13 bits per heavy atom. The van der Waals surface area contributed by atoms with E-state index in [1.165, 1.54) is 6.20 Å². The van der Waals surface area contributed by atoms with Crippen LogP contribution in [0.25, 0.3) is 0 Å². The zero-order valence-electron chi connectivity index (χ0n) is 13.0. The Morgan fingerprint density at radius 2 is 2.39 bits per heavy atom. The molecule has 0 bridgehead atoms. The second-order valence-electron chi connectivity index (χ2n) is 5.49. The van der Waals surface area contributed by atoms with Crippen molar-refractivity contribution in [1.29, 1.82) is 0 Å². The van der Waals surface area contributed by atoms with Gasteiger partial charge in [0.05, 0.1) is 18.2 Å². The van der Waals surface area contributed by atoms with E-state index in [0.717, 1.165) is 12.8 Å². The van der Waals surface area contributed by atoms with E-state index >= 15 is 0 Å². The molecule has 1 atom stereocenters. The fraction of sp³-hybridized carbons (Fsp3) is 0.467. The van der Waals surface area contributed by atoms with Gasteiger partial charge in [-0.25, -0.2) is 9.78 Å².